The minimum Gasteiger partial charge on any atom is -0.369 e. The van der Waals surface area contributed by atoms with Crippen LogP contribution in [-0.4, -0.2) is 42.3 Å². The van der Waals surface area contributed by atoms with E-state index in [9.17, 15) is 14.4 Å². The largest absolute Gasteiger partial charge is 0.369 e. The standard InChI is InChI=1S/C17H23N3O3/c1-12-3-2-4-14(11-12)17(23)19-8-5-15(21)20-9-6-13(7-10-20)16(18)22/h2-4,11,13H,5-10H2,1H3,(H2,18,22)(H,19,23). The van der Waals surface area contributed by atoms with Gasteiger partial charge in [0.2, 0.25) is 11.8 Å². The summed E-state index contributed by atoms with van der Waals surface area (Å²) in [6.07, 6.45) is 1.51. The molecule has 3 N–H and O–H groups in total. The van der Waals surface area contributed by atoms with Gasteiger partial charge in [0.15, 0.2) is 0 Å². The number of nitrogens with zero attached hydrogens (tertiary/aromatic N) is 1. The second kappa shape index (κ2) is 7.76. The van der Waals surface area contributed by atoms with Gasteiger partial charge in [-0.3, -0.25) is 14.4 Å². The first-order chi connectivity index (χ1) is 11.0. The van der Waals surface area contributed by atoms with Crippen LogP contribution in [0, 0.1) is 12.8 Å². The molecular formula is C17H23N3O3. The van der Waals surface area contributed by atoms with Crippen LogP contribution in [0.15, 0.2) is 24.3 Å². The van der Waals surface area contributed by atoms with Gasteiger partial charge in [0, 0.05) is 37.5 Å². The maximum Gasteiger partial charge on any atom is 0.251 e. The fraction of sp³-hybridized carbons (Fsp3) is 0.471. The third-order valence-electron chi connectivity index (χ3n) is 4.15. The molecule has 1 aromatic rings. The highest BCUT2D eigenvalue weighted by atomic mass is 16.2. The molecule has 0 aliphatic carbocycles. The number of aryl methyl sites for hydroxylation is 1. The summed E-state index contributed by atoms with van der Waals surface area (Å²) in [5.74, 6) is -0.589. The van der Waals surface area contributed by atoms with Gasteiger partial charge >= 0.3 is 0 Å². The maximum absolute atomic E-state index is 12.1. The van der Waals surface area contributed by atoms with Crippen LogP contribution in [0.2, 0.25) is 0 Å². The minimum atomic E-state index is -0.289. The number of primary amides is 1. The first kappa shape index (κ1) is 17.0. The Balaban J connectivity index is 1.73. The number of nitrogens with one attached hydrogen (secondary N) is 1. The summed E-state index contributed by atoms with van der Waals surface area (Å²) >= 11 is 0. The summed E-state index contributed by atoms with van der Waals surface area (Å²) in [6.45, 7) is 3.34. The molecule has 0 aromatic heterocycles. The molecule has 3 amide bonds. The SMILES string of the molecule is Cc1cccc(C(=O)NCCC(=O)N2CCC(C(N)=O)CC2)c1. The highest BCUT2D eigenvalue weighted by Crippen LogP contribution is 2.17. The van der Waals surface area contributed by atoms with E-state index in [-0.39, 0.29) is 30.1 Å². The summed E-state index contributed by atoms with van der Waals surface area (Å²) in [4.78, 5) is 36.9. The van der Waals surface area contributed by atoms with Crippen LogP contribution in [0.4, 0.5) is 0 Å². The van der Waals surface area contributed by atoms with E-state index >= 15 is 0 Å². The molecule has 0 unspecified atom stereocenters. The number of hydrogen-bond donors (Lipinski definition) is 2. The van der Waals surface area contributed by atoms with Gasteiger partial charge in [-0.15, -0.1) is 0 Å². The molecule has 1 aliphatic heterocycles. The Morgan fingerprint density at radius 2 is 1.96 bits per heavy atom. The lowest BCUT2D eigenvalue weighted by molar-refractivity contribution is -0.134. The predicted octanol–water partition coefficient (Wildman–Crippen LogP) is 0.839. The normalized spacial score (nSPS) is 15.3. The van der Waals surface area contributed by atoms with Crippen LogP contribution < -0.4 is 11.1 Å². The number of likely N-dealkylation sites (tertiary alicyclic amines) is 1. The number of amides is 3. The molecule has 1 aliphatic rings. The molecule has 0 spiro atoms. The third-order valence-corrected chi connectivity index (χ3v) is 4.15. The number of carbonyl (C=O) groups is 3. The Morgan fingerprint density at radius 3 is 2.57 bits per heavy atom. The third kappa shape index (κ3) is 4.81. The second-order valence-electron chi connectivity index (χ2n) is 5.93. The van der Waals surface area contributed by atoms with Crippen LogP contribution in [0.5, 0.6) is 0 Å². The molecule has 1 heterocycles. The molecule has 6 nitrogen and oxygen atoms in total. The zero-order chi connectivity index (χ0) is 16.8. The van der Waals surface area contributed by atoms with Gasteiger partial charge in [0.05, 0.1) is 0 Å². The lowest BCUT2D eigenvalue weighted by Gasteiger charge is -2.30. The van der Waals surface area contributed by atoms with Crippen LogP contribution in [0.3, 0.4) is 0 Å². The van der Waals surface area contributed by atoms with Crippen molar-refractivity contribution in [2.45, 2.75) is 26.2 Å². The van der Waals surface area contributed by atoms with Gasteiger partial charge in [0.1, 0.15) is 0 Å². The van der Waals surface area contributed by atoms with E-state index in [1.807, 2.05) is 25.1 Å². The first-order valence-electron chi connectivity index (χ1n) is 7.89. The van der Waals surface area contributed by atoms with Crippen molar-refractivity contribution in [2.75, 3.05) is 19.6 Å². The highest BCUT2D eigenvalue weighted by molar-refractivity contribution is 5.94. The number of benzene rings is 1. The molecule has 0 radical (unpaired) electrons. The lowest BCUT2D eigenvalue weighted by atomic mass is 9.96. The maximum atomic E-state index is 12.1. The summed E-state index contributed by atoms with van der Waals surface area (Å²) in [5.41, 5.74) is 6.89. The van der Waals surface area contributed by atoms with Gasteiger partial charge in [-0.05, 0) is 31.9 Å². The second-order valence-corrected chi connectivity index (χ2v) is 5.93. The molecule has 0 atom stereocenters. The number of rotatable bonds is 5. The molecule has 0 bridgehead atoms. The van der Waals surface area contributed by atoms with E-state index in [1.165, 1.54) is 0 Å². The number of carbonyl (C=O) groups excluding carboxylic acids is 3. The average Bonchev–Trinajstić information content (AvgIpc) is 2.54. The highest BCUT2D eigenvalue weighted by Gasteiger charge is 2.25. The van der Waals surface area contributed by atoms with E-state index in [1.54, 1.807) is 11.0 Å². The van der Waals surface area contributed by atoms with Crippen molar-refractivity contribution in [3.05, 3.63) is 35.4 Å². The van der Waals surface area contributed by atoms with Crippen molar-refractivity contribution in [1.29, 1.82) is 0 Å². The zero-order valence-electron chi connectivity index (χ0n) is 13.4. The summed E-state index contributed by atoms with van der Waals surface area (Å²) in [7, 11) is 0. The van der Waals surface area contributed by atoms with E-state index in [0.29, 0.717) is 38.0 Å². The Bertz CT molecular complexity index is 593. The molecular weight excluding hydrogens is 294 g/mol. The van der Waals surface area contributed by atoms with E-state index in [4.69, 9.17) is 5.73 Å². The summed E-state index contributed by atoms with van der Waals surface area (Å²) in [6, 6.07) is 7.32. The van der Waals surface area contributed by atoms with E-state index < -0.39 is 0 Å². The molecule has 2 rings (SSSR count). The predicted molar refractivity (Wildman–Crippen MR) is 86.6 cm³/mol. The average molecular weight is 317 g/mol. The van der Waals surface area contributed by atoms with Crippen LogP contribution in [0.25, 0.3) is 0 Å². The van der Waals surface area contributed by atoms with Crippen molar-refractivity contribution >= 4 is 17.7 Å². The molecule has 0 saturated carbocycles. The van der Waals surface area contributed by atoms with Crippen LogP contribution >= 0.6 is 0 Å². The van der Waals surface area contributed by atoms with E-state index in [2.05, 4.69) is 5.32 Å². The summed E-state index contributed by atoms with van der Waals surface area (Å²) in [5, 5.41) is 2.76. The zero-order valence-corrected chi connectivity index (χ0v) is 13.4. The molecule has 1 saturated heterocycles. The lowest BCUT2D eigenvalue weighted by Crippen LogP contribution is -2.42. The Hall–Kier alpha value is -2.37. The van der Waals surface area contributed by atoms with Crippen molar-refractivity contribution in [3.8, 4) is 0 Å². The smallest absolute Gasteiger partial charge is 0.251 e. The molecule has 23 heavy (non-hydrogen) atoms. The topological polar surface area (TPSA) is 92.5 Å². The van der Waals surface area contributed by atoms with Crippen molar-refractivity contribution < 1.29 is 14.4 Å². The quantitative estimate of drug-likeness (QED) is 0.843. The molecule has 1 aromatic carbocycles. The fourth-order valence-corrected chi connectivity index (χ4v) is 2.74. The van der Waals surface area contributed by atoms with E-state index in [0.717, 1.165) is 5.56 Å². The minimum absolute atomic E-state index is 0.00235. The van der Waals surface area contributed by atoms with Gasteiger partial charge in [-0.1, -0.05) is 17.7 Å². The fourth-order valence-electron chi connectivity index (χ4n) is 2.74. The number of nitrogens with two attached hydrogens (primary N) is 1. The molecule has 124 valence electrons. The van der Waals surface area contributed by atoms with Gasteiger partial charge in [-0.2, -0.15) is 0 Å². The van der Waals surface area contributed by atoms with Crippen molar-refractivity contribution in [2.24, 2.45) is 11.7 Å². The number of hydrogen-bond acceptors (Lipinski definition) is 3. The van der Waals surface area contributed by atoms with Gasteiger partial charge < -0.3 is 16.0 Å². The van der Waals surface area contributed by atoms with Gasteiger partial charge in [0.25, 0.3) is 5.91 Å². The summed E-state index contributed by atoms with van der Waals surface area (Å²) < 4.78 is 0. The van der Waals surface area contributed by atoms with Crippen LogP contribution in [0.1, 0.15) is 35.2 Å². The van der Waals surface area contributed by atoms with Crippen LogP contribution in [-0.2, 0) is 9.59 Å². The Kier molecular flexibility index (Phi) is 5.73. The monoisotopic (exact) mass is 317 g/mol. The Morgan fingerprint density at radius 1 is 1.26 bits per heavy atom. The molecule has 6 heteroatoms. The van der Waals surface area contributed by atoms with Crippen molar-refractivity contribution in [1.82, 2.24) is 10.2 Å². The first-order valence-corrected chi connectivity index (χ1v) is 7.89. The van der Waals surface area contributed by atoms with Crippen molar-refractivity contribution in [3.63, 3.8) is 0 Å². The molecule has 1 fully saturated rings. The van der Waals surface area contributed by atoms with Gasteiger partial charge in [-0.25, -0.2) is 0 Å². The Labute approximate surface area is 136 Å². The number of piperidine rings is 1.